The number of nitrogens with zero attached hydrogens (tertiary/aromatic N) is 3. The van der Waals surface area contributed by atoms with E-state index in [2.05, 4.69) is 9.80 Å². The van der Waals surface area contributed by atoms with Crippen LogP contribution in [0.5, 0.6) is 11.5 Å². The summed E-state index contributed by atoms with van der Waals surface area (Å²) >= 11 is 0. The molecular weight excluding hydrogens is 402 g/mol. The highest BCUT2D eigenvalue weighted by Gasteiger charge is 2.32. The van der Waals surface area contributed by atoms with E-state index in [9.17, 15) is 13.5 Å². The van der Waals surface area contributed by atoms with Gasteiger partial charge in [0.05, 0.1) is 12.0 Å². The molecule has 0 radical (unpaired) electrons. The Balaban J connectivity index is 1.28. The average Bonchev–Trinajstić information content (AvgIpc) is 2.76. The quantitative estimate of drug-likeness (QED) is 0.756. The summed E-state index contributed by atoms with van der Waals surface area (Å²) in [5.74, 6) is 0.938. The Morgan fingerprint density at radius 1 is 0.967 bits per heavy atom. The van der Waals surface area contributed by atoms with Crippen LogP contribution in [0.4, 0.5) is 5.69 Å². The van der Waals surface area contributed by atoms with Gasteiger partial charge < -0.3 is 14.7 Å². The molecule has 0 amide bonds. The number of rotatable bonds is 6. The summed E-state index contributed by atoms with van der Waals surface area (Å²) in [6.07, 6.45) is 1.50. The fraction of sp³-hybridized carbons (Fsp3) is 0.455. The maximum absolute atomic E-state index is 13.0. The Hall–Kier alpha value is -2.29. The van der Waals surface area contributed by atoms with Crippen LogP contribution in [0.25, 0.3) is 0 Å². The van der Waals surface area contributed by atoms with Gasteiger partial charge in [-0.25, -0.2) is 8.42 Å². The summed E-state index contributed by atoms with van der Waals surface area (Å²) in [6, 6.07) is 12.6. The molecule has 0 saturated carbocycles. The van der Waals surface area contributed by atoms with Crippen molar-refractivity contribution in [2.45, 2.75) is 17.7 Å². The van der Waals surface area contributed by atoms with Gasteiger partial charge in [-0.1, -0.05) is 6.07 Å². The van der Waals surface area contributed by atoms with E-state index in [-0.39, 0.29) is 5.75 Å². The van der Waals surface area contributed by atoms with E-state index < -0.39 is 10.0 Å². The summed E-state index contributed by atoms with van der Waals surface area (Å²) < 4.78 is 33.0. The third-order valence-electron chi connectivity index (χ3n) is 6.01. The summed E-state index contributed by atoms with van der Waals surface area (Å²) in [6.45, 7) is 5.70. The average molecular weight is 432 g/mol. The molecule has 30 heavy (non-hydrogen) atoms. The molecule has 162 valence electrons. The molecule has 2 heterocycles. The summed E-state index contributed by atoms with van der Waals surface area (Å²) in [5.41, 5.74) is 1.92. The van der Waals surface area contributed by atoms with Crippen molar-refractivity contribution in [1.82, 2.24) is 9.21 Å². The van der Waals surface area contributed by atoms with E-state index in [0.29, 0.717) is 30.2 Å². The lowest BCUT2D eigenvalue weighted by atomic mass is 10.1. The van der Waals surface area contributed by atoms with Crippen LogP contribution in [0, 0.1) is 0 Å². The molecule has 0 spiro atoms. The number of phenolic OH excluding ortho intramolecular Hbond substituents is 1. The third kappa shape index (κ3) is 4.26. The zero-order valence-electron chi connectivity index (χ0n) is 17.3. The van der Waals surface area contributed by atoms with Crippen LogP contribution in [0.2, 0.25) is 0 Å². The Morgan fingerprint density at radius 3 is 2.40 bits per heavy atom. The molecule has 2 aliphatic rings. The maximum atomic E-state index is 13.0. The highest BCUT2D eigenvalue weighted by atomic mass is 32.2. The predicted molar refractivity (Wildman–Crippen MR) is 117 cm³/mol. The molecule has 1 saturated heterocycles. The van der Waals surface area contributed by atoms with Crippen LogP contribution in [-0.2, 0) is 16.4 Å². The molecule has 0 aliphatic carbocycles. The molecule has 0 bridgehead atoms. The molecule has 1 N–H and O–H groups in total. The first-order valence-electron chi connectivity index (χ1n) is 10.4. The second kappa shape index (κ2) is 8.83. The van der Waals surface area contributed by atoms with Crippen molar-refractivity contribution in [3.63, 3.8) is 0 Å². The number of sulfonamides is 1. The summed E-state index contributed by atoms with van der Waals surface area (Å²) in [7, 11) is -1.88. The predicted octanol–water partition coefficient (Wildman–Crippen LogP) is 2.16. The molecule has 4 rings (SSSR count). The van der Waals surface area contributed by atoms with Gasteiger partial charge in [-0.3, -0.25) is 4.90 Å². The zero-order valence-corrected chi connectivity index (χ0v) is 18.1. The molecule has 0 aromatic heterocycles. The number of hydrogen-bond acceptors (Lipinski definition) is 6. The van der Waals surface area contributed by atoms with Gasteiger partial charge in [0.1, 0.15) is 11.5 Å². The number of hydrogen-bond donors (Lipinski definition) is 1. The van der Waals surface area contributed by atoms with Crippen LogP contribution in [0.15, 0.2) is 47.4 Å². The van der Waals surface area contributed by atoms with Crippen molar-refractivity contribution in [3.05, 3.63) is 48.0 Å². The van der Waals surface area contributed by atoms with E-state index in [1.165, 1.54) is 0 Å². The lowest BCUT2D eigenvalue weighted by Crippen LogP contribution is -2.47. The van der Waals surface area contributed by atoms with Gasteiger partial charge in [0, 0.05) is 50.5 Å². The standard InChI is InChI=1S/C22H29N3O4S/c1-29-21-4-2-5-22-20(21)10-13-25(30(22,27)28)12-3-11-23-14-16-24(17-15-23)18-6-8-19(26)9-7-18/h2,4-9,26H,3,10-17H2,1H3. The van der Waals surface area contributed by atoms with Gasteiger partial charge in [-0.15, -0.1) is 0 Å². The van der Waals surface area contributed by atoms with Crippen LogP contribution >= 0.6 is 0 Å². The molecule has 1 fully saturated rings. The maximum Gasteiger partial charge on any atom is 0.243 e. The van der Waals surface area contributed by atoms with Crippen LogP contribution in [-0.4, -0.2) is 75.7 Å². The highest BCUT2D eigenvalue weighted by Crippen LogP contribution is 2.32. The SMILES string of the molecule is COc1cccc2c1CCN(CCCN1CCN(c3ccc(O)cc3)CC1)S2(=O)=O. The lowest BCUT2D eigenvalue weighted by molar-refractivity contribution is 0.245. The van der Waals surface area contributed by atoms with Crippen molar-refractivity contribution in [2.75, 3.05) is 57.8 Å². The zero-order chi connectivity index (χ0) is 21.1. The van der Waals surface area contributed by atoms with Gasteiger partial charge in [-0.2, -0.15) is 4.31 Å². The fourth-order valence-corrected chi connectivity index (χ4v) is 6.06. The van der Waals surface area contributed by atoms with Gasteiger partial charge in [0.2, 0.25) is 10.0 Å². The van der Waals surface area contributed by atoms with Crippen molar-refractivity contribution in [3.8, 4) is 11.5 Å². The monoisotopic (exact) mass is 431 g/mol. The second-order valence-electron chi connectivity index (χ2n) is 7.79. The molecule has 0 unspecified atom stereocenters. The van der Waals surface area contributed by atoms with Crippen molar-refractivity contribution in [2.24, 2.45) is 0 Å². The first-order valence-corrected chi connectivity index (χ1v) is 11.9. The minimum Gasteiger partial charge on any atom is -0.508 e. The Bertz CT molecular complexity index is 970. The van der Waals surface area contributed by atoms with Crippen molar-refractivity contribution in [1.29, 1.82) is 0 Å². The number of methoxy groups -OCH3 is 1. The first kappa shape index (κ1) is 21.0. The molecule has 2 aromatic carbocycles. The largest absolute Gasteiger partial charge is 0.508 e. The highest BCUT2D eigenvalue weighted by molar-refractivity contribution is 7.89. The fourth-order valence-electron chi connectivity index (χ4n) is 4.32. The van der Waals surface area contributed by atoms with Crippen molar-refractivity contribution < 1.29 is 18.3 Å². The van der Waals surface area contributed by atoms with E-state index in [1.807, 2.05) is 18.2 Å². The number of ether oxygens (including phenoxy) is 1. The molecule has 2 aliphatic heterocycles. The molecule has 7 nitrogen and oxygen atoms in total. The van der Waals surface area contributed by atoms with E-state index in [1.54, 1.807) is 35.7 Å². The molecule has 0 atom stereocenters. The van der Waals surface area contributed by atoms with Crippen LogP contribution in [0.1, 0.15) is 12.0 Å². The molecule has 2 aromatic rings. The number of fused-ring (bicyclic) bond motifs is 1. The van der Waals surface area contributed by atoms with Gasteiger partial charge in [0.15, 0.2) is 0 Å². The van der Waals surface area contributed by atoms with E-state index in [0.717, 1.165) is 50.4 Å². The number of piperazine rings is 1. The number of aromatic hydroxyl groups is 1. The smallest absolute Gasteiger partial charge is 0.243 e. The van der Waals surface area contributed by atoms with E-state index >= 15 is 0 Å². The van der Waals surface area contributed by atoms with Crippen LogP contribution in [0.3, 0.4) is 0 Å². The third-order valence-corrected chi connectivity index (χ3v) is 7.99. The van der Waals surface area contributed by atoms with Crippen molar-refractivity contribution >= 4 is 15.7 Å². The Labute approximate surface area is 178 Å². The van der Waals surface area contributed by atoms with Gasteiger partial charge >= 0.3 is 0 Å². The summed E-state index contributed by atoms with van der Waals surface area (Å²) in [4.78, 5) is 5.09. The second-order valence-corrected chi connectivity index (χ2v) is 9.70. The number of benzene rings is 2. The lowest BCUT2D eigenvalue weighted by Gasteiger charge is -2.36. The normalized spacial score (nSPS) is 19.4. The van der Waals surface area contributed by atoms with Crippen LogP contribution < -0.4 is 9.64 Å². The molecular formula is C22H29N3O4S. The Kier molecular flexibility index (Phi) is 6.17. The number of anilines is 1. The minimum absolute atomic E-state index is 0.283. The number of phenols is 1. The van der Waals surface area contributed by atoms with E-state index in [4.69, 9.17) is 4.74 Å². The molecule has 8 heteroatoms. The van der Waals surface area contributed by atoms with Gasteiger partial charge in [0.25, 0.3) is 0 Å². The minimum atomic E-state index is -3.46. The first-order chi connectivity index (χ1) is 14.5. The topological polar surface area (TPSA) is 73.3 Å². The Morgan fingerprint density at radius 2 is 1.70 bits per heavy atom. The summed E-state index contributed by atoms with van der Waals surface area (Å²) in [5, 5.41) is 9.44. The van der Waals surface area contributed by atoms with Gasteiger partial charge in [-0.05, 0) is 55.8 Å².